The van der Waals surface area contributed by atoms with Gasteiger partial charge in [-0.25, -0.2) is 4.39 Å². The van der Waals surface area contributed by atoms with Crippen LogP contribution in [0.5, 0.6) is 0 Å². The summed E-state index contributed by atoms with van der Waals surface area (Å²) in [6.07, 6.45) is 5.57. The van der Waals surface area contributed by atoms with Crippen molar-refractivity contribution in [1.29, 1.82) is 5.41 Å². The van der Waals surface area contributed by atoms with E-state index in [1.165, 1.54) is 18.3 Å². The summed E-state index contributed by atoms with van der Waals surface area (Å²) in [6, 6.07) is 6.12. The monoisotopic (exact) mass is 343 g/mol. The fourth-order valence-corrected chi connectivity index (χ4v) is 2.34. The van der Waals surface area contributed by atoms with Crippen LogP contribution in [-0.2, 0) is 15.0 Å². The van der Waals surface area contributed by atoms with Gasteiger partial charge in [0.1, 0.15) is 11.7 Å². The molecule has 25 heavy (non-hydrogen) atoms. The van der Waals surface area contributed by atoms with Gasteiger partial charge in [-0.05, 0) is 25.0 Å². The van der Waals surface area contributed by atoms with E-state index in [0.29, 0.717) is 18.4 Å². The van der Waals surface area contributed by atoms with Crippen molar-refractivity contribution in [3.8, 4) is 0 Å². The molecule has 6 N–H and O–H groups in total. The van der Waals surface area contributed by atoms with Crippen LogP contribution in [-0.4, -0.2) is 23.9 Å². The molecule has 1 aliphatic carbocycles. The molecule has 0 unspecified atom stereocenters. The molecule has 1 aromatic carbocycles. The number of nitrogens with two attached hydrogens (primary N) is 2. The zero-order valence-corrected chi connectivity index (χ0v) is 13.3. The SMILES string of the molecule is N=C/C(=C\C(N)=O)N/C=C\C(N)=NC(=O)C1(c2ccccc2F)CC1. The third-order valence-corrected chi connectivity index (χ3v) is 3.74. The van der Waals surface area contributed by atoms with Gasteiger partial charge in [-0.3, -0.25) is 9.59 Å². The van der Waals surface area contributed by atoms with Crippen molar-refractivity contribution in [3.63, 3.8) is 0 Å². The average Bonchev–Trinajstić information content (AvgIpc) is 3.35. The summed E-state index contributed by atoms with van der Waals surface area (Å²) >= 11 is 0. The van der Waals surface area contributed by atoms with Gasteiger partial charge >= 0.3 is 0 Å². The number of aliphatic imine (C=N–C) groups is 1. The first-order valence-corrected chi connectivity index (χ1v) is 7.47. The molecule has 2 rings (SSSR count). The Hall–Kier alpha value is -3.29. The number of carbonyl (C=O) groups is 2. The largest absolute Gasteiger partial charge is 0.384 e. The fourth-order valence-electron chi connectivity index (χ4n) is 2.34. The van der Waals surface area contributed by atoms with E-state index in [1.54, 1.807) is 18.2 Å². The van der Waals surface area contributed by atoms with E-state index in [0.717, 1.165) is 12.3 Å². The summed E-state index contributed by atoms with van der Waals surface area (Å²) in [5.74, 6) is -1.73. The molecule has 0 heterocycles. The van der Waals surface area contributed by atoms with E-state index in [2.05, 4.69) is 10.3 Å². The number of nitrogens with zero attached hydrogens (tertiary/aromatic N) is 1. The summed E-state index contributed by atoms with van der Waals surface area (Å²) in [7, 11) is 0. The molecule has 0 aromatic heterocycles. The normalized spacial score (nSPS) is 16.5. The Labute approximate surface area is 143 Å². The van der Waals surface area contributed by atoms with E-state index in [1.807, 2.05) is 0 Å². The predicted molar refractivity (Wildman–Crippen MR) is 92.3 cm³/mol. The summed E-state index contributed by atoms with van der Waals surface area (Å²) < 4.78 is 13.9. The van der Waals surface area contributed by atoms with Gasteiger partial charge in [0.25, 0.3) is 5.91 Å². The Morgan fingerprint density at radius 2 is 1.96 bits per heavy atom. The first-order chi connectivity index (χ1) is 11.9. The summed E-state index contributed by atoms with van der Waals surface area (Å²) in [5, 5.41) is 9.71. The standard InChI is InChI=1S/C17H18FN5O2/c18-13-4-2-1-3-12(13)17(6-7-17)16(25)23-14(20)5-8-22-11(10-19)9-15(21)24/h1-5,8-10,19,22H,6-7H2,(H2,21,24)(H2,20,23,25)/b8-5-,11-9+,19-10?. The number of nitrogens with one attached hydrogen (secondary N) is 2. The third-order valence-electron chi connectivity index (χ3n) is 3.74. The van der Waals surface area contributed by atoms with Gasteiger partial charge in [0.2, 0.25) is 5.91 Å². The quantitative estimate of drug-likeness (QED) is 0.332. The number of rotatable bonds is 7. The van der Waals surface area contributed by atoms with Crippen molar-refractivity contribution in [1.82, 2.24) is 5.32 Å². The van der Waals surface area contributed by atoms with Crippen LogP contribution in [0, 0.1) is 11.2 Å². The molecule has 0 atom stereocenters. The molecule has 1 aromatic rings. The highest BCUT2D eigenvalue weighted by Gasteiger charge is 2.52. The molecule has 2 amide bonds. The van der Waals surface area contributed by atoms with Crippen LogP contribution in [0.1, 0.15) is 18.4 Å². The molecule has 130 valence electrons. The van der Waals surface area contributed by atoms with Crippen LogP contribution in [0.25, 0.3) is 0 Å². The first-order valence-electron chi connectivity index (χ1n) is 7.47. The molecule has 0 saturated heterocycles. The minimum atomic E-state index is -0.941. The number of amides is 2. The van der Waals surface area contributed by atoms with Crippen LogP contribution in [0.4, 0.5) is 4.39 Å². The van der Waals surface area contributed by atoms with Gasteiger partial charge < -0.3 is 22.2 Å². The molecule has 1 saturated carbocycles. The zero-order chi connectivity index (χ0) is 18.4. The number of halogens is 1. The molecular formula is C17H18FN5O2. The third kappa shape index (κ3) is 4.37. The second kappa shape index (κ2) is 7.52. The highest BCUT2D eigenvalue weighted by Crippen LogP contribution is 2.50. The van der Waals surface area contributed by atoms with Gasteiger partial charge in [0, 0.05) is 24.1 Å². The number of amidine groups is 1. The van der Waals surface area contributed by atoms with E-state index in [9.17, 15) is 14.0 Å². The van der Waals surface area contributed by atoms with Gasteiger partial charge in [-0.1, -0.05) is 18.2 Å². The second-order valence-corrected chi connectivity index (χ2v) is 5.53. The maximum absolute atomic E-state index is 13.9. The number of hydrogen-bond donors (Lipinski definition) is 4. The van der Waals surface area contributed by atoms with Crippen LogP contribution in [0.3, 0.4) is 0 Å². The Balaban J connectivity index is 2.08. The van der Waals surface area contributed by atoms with Gasteiger partial charge in [0.05, 0.1) is 11.1 Å². The number of primary amides is 1. The smallest absolute Gasteiger partial charge is 0.258 e. The van der Waals surface area contributed by atoms with Crippen molar-refractivity contribution in [2.45, 2.75) is 18.3 Å². The van der Waals surface area contributed by atoms with Crippen molar-refractivity contribution in [2.24, 2.45) is 16.5 Å². The van der Waals surface area contributed by atoms with Crippen LogP contribution in [0.2, 0.25) is 0 Å². The lowest BCUT2D eigenvalue weighted by molar-refractivity contribution is -0.120. The number of hydrogen-bond acceptors (Lipinski definition) is 4. The molecule has 0 aliphatic heterocycles. The maximum Gasteiger partial charge on any atom is 0.258 e. The molecule has 0 spiro atoms. The van der Waals surface area contributed by atoms with Crippen LogP contribution >= 0.6 is 0 Å². The minimum Gasteiger partial charge on any atom is -0.384 e. The molecular weight excluding hydrogens is 325 g/mol. The highest BCUT2D eigenvalue weighted by molar-refractivity contribution is 6.04. The summed E-state index contributed by atoms with van der Waals surface area (Å²) in [4.78, 5) is 26.9. The molecule has 0 radical (unpaired) electrons. The van der Waals surface area contributed by atoms with E-state index in [4.69, 9.17) is 16.9 Å². The van der Waals surface area contributed by atoms with E-state index in [-0.39, 0.29) is 11.5 Å². The fraction of sp³-hybridized carbons (Fsp3) is 0.176. The number of allylic oxidation sites excluding steroid dienone is 1. The van der Waals surface area contributed by atoms with Crippen LogP contribution in [0.15, 0.2) is 53.3 Å². The number of benzene rings is 1. The Kier molecular flexibility index (Phi) is 5.43. The molecule has 8 heteroatoms. The first kappa shape index (κ1) is 18.1. The van der Waals surface area contributed by atoms with Gasteiger partial charge in [-0.15, -0.1) is 0 Å². The molecule has 1 fully saturated rings. The van der Waals surface area contributed by atoms with Crippen molar-refractivity contribution in [3.05, 3.63) is 59.7 Å². The lowest BCUT2D eigenvalue weighted by Gasteiger charge is -2.12. The second-order valence-electron chi connectivity index (χ2n) is 5.53. The van der Waals surface area contributed by atoms with E-state index < -0.39 is 23.0 Å². The minimum absolute atomic E-state index is 0.0801. The Morgan fingerprint density at radius 1 is 1.28 bits per heavy atom. The average molecular weight is 343 g/mol. The lowest BCUT2D eigenvalue weighted by atomic mass is 9.94. The van der Waals surface area contributed by atoms with Crippen molar-refractivity contribution < 1.29 is 14.0 Å². The highest BCUT2D eigenvalue weighted by atomic mass is 19.1. The predicted octanol–water partition coefficient (Wildman–Crippen LogP) is 0.863. The molecule has 1 aliphatic rings. The lowest BCUT2D eigenvalue weighted by Crippen LogP contribution is -2.23. The molecule has 7 nitrogen and oxygen atoms in total. The van der Waals surface area contributed by atoms with E-state index >= 15 is 0 Å². The Bertz CT molecular complexity index is 794. The summed E-state index contributed by atoms with van der Waals surface area (Å²) in [5.41, 5.74) is 10.2. The zero-order valence-electron chi connectivity index (χ0n) is 13.3. The van der Waals surface area contributed by atoms with Gasteiger partial charge in [0.15, 0.2) is 0 Å². The van der Waals surface area contributed by atoms with Crippen LogP contribution < -0.4 is 16.8 Å². The van der Waals surface area contributed by atoms with Crippen molar-refractivity contribution >= 4 is 23.9 Å². The molecule has 0 bridgehead atoms. The number of carbonyl (C=O) groups excluding carboxylic acids is 2. The topological polar surface area (TPSA) is 134 Å². The summed E-state index contributed by atoms with van der Waals surface area (Å²) in [6.45, 7) is 0. The van der Waals surface area contributed by atoms with Gasteiger partial charge in [-0.2, -0.15) is 4.99 Å². The maximum atomic E-state index is 13.9. The Morgan fingerprint density at radius 3 is 2.52 bits per heavy atom. The van der Waals surface area contributed by atoms with Crippen molar-refractivity contribution in [2.75, 3.05) is 0 Å².